The van der Waals surface area contributed by atoms with Crippen molar-refractivity contribution in [3.63, 3.8) is 0 Å². The van der Waals surface area contributed by atoms with Gasteiger partial charge >= 0.3 is 0 Å². The normalized spacial score (nSPS) is 55.8. The first-order valence-electron chi connectivity index (χ1n) is 16.6. The molecule has 0 aliphatic carbocycles. The summed E-state index contributed by atoms with van der Waals surface area (Å²) in [6, 6.07) is 0. The van der Waals surface area contributed by atoms with Crippen LogP contribution in [0.2, 0.25) is 0 Å². The van der Waals surface area contributed by atoms with E-state index in [0.29, 0.717) is 0 Å². The molecule has 0 aromatic heterocycles. The maximum atomic E-state index is 11.6. The molecular formula is C29H50O22. The third-order valence-corrected chi connectivity index (χ3v) is 9.83. The van der Waals surface area contributed by atoms with Gasteiger partial charge in [-0.2, -0.15) is 0 Å². The van der Waals surface area contributed by atoms with Crippen LogP contribution in [0.1, 0.15) is 20.8 Å². The number of ether oxygens (including phenoxy) is 9. The second-order valence-corrected chi connectivity index (χ2v) is 13.5. The maximum absolute atomic E-state index is 11.6. The molecule has 0 aromatic rings. The van der Waals surface area contributed by atoms with Crippen molar-refractivity contribution in [3.8, 4) is 0 Å². The third kappa shape index (κ3) is 8.37. The van der Waals surface area contributed by atoms with Gasteiger partial charge < -0.3 is 109 Å². The zero-order valence-corrected chi connectivity index (χ0v) is 27.8. The first-order valence-corrected chi connectivity index (χ1v) is 16.6. The molecule has 5 heterocycles. The van der Waals surface area contributed by atoms with Crippen LogP contribution in [0.4, 0.5) is 0 Å². The van der Waals surface area contributed by atoms with Gasteiger partial charge in [0.2, 0.25) is 0 Å². The molecule has 0 spiro atoms. The van der Waals surface area contributed by atoms with Crippen molar-refractivity contribution in [2.45, 2.75) is 168 Å². The fraction of sp³-hybridized carbons (Fsp3) is 1.00. The Morgan fingerprint density at radius 2 is 0.922 bits per heavy atom. The van der Waals surface area contributed by atoms with Gasteiger partial charge in [-0.1, -0.05) is 0 Å². The van der Waals surface area contributed by atoms with E-state index in [1.807, 2.05) is 0 Å². The Morgan fingerprint density at radius 3 is 1.45 bits per heavy atom. The molecule has 298 valence electrons. The molecule has 22 heteroatoms. The highest BCUT2D eigenvalue weighted by Crippen LogP contribution is 2.35. The first kappa shape index (κ1) is 41.3. The molecule has 5 saturated heterocycles. The van der Waals surface area contributed by atoms with E-state index < -0.39 is 161 Å². The predicted octanol–water partition coefficient (Wildman–Crippen LogP) is -8.20. The molecule has 13 N–H and O–H groups in total. The predicted molar refractivity (Wildman–Crippen MR) is 156 cm³/mol. The lowest BCUT2D eigenvalue weighted by molar-refractivity contribution is -0.397. The number of aliphatic hydroxyl groups excluding tert-OH is 13. The number of aliphatic hydroxyl groups is 13. The first-order chi connectivity index (χ1) is 24.0. The van der Waals surface area contributed by atoms with E-state index in [-0.39, 0.29) is 0 Å². The van der Waals surface area contributed by atoms with Crippen LogP contribution in [0, 0.1) is 0 Å². The third-order valence-electron chi connectivity index (χ3n) is 9.83. The summed E-state index contributed by atoms with van der Waals surface area (Å²) in [5, 5.41) is 136. The molecule has 22 nitrogen and oxygen atoms in total. The summed E-state index contributed by atoms with van der Waals surface area (Å²) in [5.74, 6) is 0. The van der Waals surface area contributed by atoms with Crippen molar-refractivity contribution in [1.82, 2.24) is 0 Å². The summed E-state index contributed by atoms with van der Waals surface area (Å²) in [6.45, 7) is 2.70. The van der Waals surface area contributed by atoms with Crippen molar-refractivity contribution in [1.29, 1.82) is 0 Å². The van der Waals surface area contributed by atoms with Gasteiger partial charge in [-0.3, -0.25) is 0 Å². The molecule has 5 aliphatic rings. The largest absolute Gasteiger partial charge is 0.394 e. The van der Waals surface area contributed by atoms with Gasteiger partial charge in [0.25, 0.3) is 0 Å². The van der Waals surface area contributed by atoms with Gasteiger partial charge in [0.05, 0.1) is 31.5 Å². The van der Waals surface area contributed by atoms with Crippen LogP contribution in [0.3, 0.4) is 0 Å². The van der Waals surface area contributed by atoms with E-state index in [1.165, 1.54) is 20.8 Å². The lowest BCUT2D eigenvalue weighted by Gasteiger charge is -2.49. The molecule has 24 atom stereocenters. The quantitative estimate of drug-likeness (QED) is 0.104. The number of hydrogen-bond acceptors (Lipinski definition) is 22. The Morgan fingerprint density at radius 1 is 0.431 bits per heavy atom. The van der Waals surface area contributed by atoms with Crippen molar-refractivity contribution in [2.24, 2.45) is 0 Å². The summed E-state index contributed by atoms with van der Waals surface area (Å²) in [6.07, 6.45) is -39.3. The molecule has 51 heavy (non-hydrogen) atoms. The molecular weight excluding hydrogens is 700 g/mol. The summed E-state index contributed by atoms with van der Waals surface area (Å²) >= 11 is 0. The Balaban J connectivity index is 1.39. The molecule has 5 fully saturated rings. The summed E-state index contributed by atoms with van der Waals surface area (Å²) < 4.78 is 50.7. The molecule has 1 unspecified atom stereocenters. The molecule has 0 saturated carbocycles. The lowest BCUT2D eigenvalue weighted by Crippen LogP contribution is -2.67. The zero-order valence-electron chi connectivity index (χ0n) is 27.8. The number of hydrogen-bond donors (Lipinski definition) is 13. The van der Waals surface area contributed by atoms with Gasteiger partial charge in [0.1, 0.15) is 97.7 Å². The fourth-order valence-corrected chi connectivity index (χ4v) is 6.51. The van der Waals surface area contributed by atoms with E-state index >= 15 is 0 Å². The highest BCUT2D eigenvalue weighted by molar-refractivity contribution is 4.97. The maximum Gasteiger partial charge on any atom is 0.187 e. The van der Waals surface area contributed by atoms with Gasteiger partial charge in [0, 0.05) is 0 Å². The van der Waals surface area contributed by atoms with Crippen LogP contribution in [0.5, 0.6) is 0 Å². The Kier molecular flexibility index (Phi) is 13.7. The molecule has 0 aromatic carbocycles. The van der Waals surface area contributed by atoms with E-state index in [9.17, 15) is 66.4 Å². The SMILES string of the molecule is C[C@H]1O[C@@H](O[C@H]2[C@H](O[C@H]3[C@H](O)[C@@H](C)OC(O)[C@@H]3O)OC[C@@H](O[C@@H]3O[C@H](CO)[C@H](O)[C@H](O)[C@H]3O[C@@H]3O[C@H](C)[C@@H](O)[C@H](O)[C@H]3O)[C@@H]2O)[C@H](O)[C@@H](O)[C@@H]1O. The Hall–Kier alpha value is -0.880. The van der Waals surface area contributed by atoms with Crippen LogP contribution in [-0.4, -0.2) is 227 Å². The second-order valence-electron chi connectivity index (χ2n) is 13.5. The smallest absolute Gasteiger partial charge is 0.187 e. The van der Waals surface area contributed by atoms with Gasteiger partial charge in [-0.25, -0.2) is 0 Å². The van der Waals surface area contributed by atoms with Gasteiger partial charge in [-0.05, 0) is 20.8 Å². The summed E-state index contributed by atoms with van der Waals surface area (Å²) in [5.41, 5.74) is 0. The van der Waals surface area contributed by atoms with Crippen LogP contribution in [-0.2, 0) is 42.6 Å². The van der Waals surface area contributed by atoms with Crippen molar-refractivity contribution in [2.75, 3.05) is 13.2 Å². The van der Waals surface area contributed by atoms with Gasteiger partial charge in [0.15, 0.2) is 31.5 Å². The Bertz CT molecular complexity index is 1090. The number of rotatable bonds is 9. The standard InChI is InChI=1S/C29H50O22/c1-6-11(31)16(36)19(39)26(45-6)50-23-15(35)10(5-43-28(23)49-22-13(33)8(3)44-25(42)21(22)41)48-29-24(18(38)14(34)9(4-30)47-29)51-27-20(40)17(37)12(32)7(2)46-27/h6-42H,4-5H2,1-3H3/t6-,7-,8-,9-,10-,11-,12-,13-,14+,15+,16+,17+,18+,19-,20-,21-,22+,23-,24-,25?,26+,27+,28+,29+/m1/s1. The molecule has 0 radical (unpaired) electrons. The van der Waals surface area contributed by atoms with Crippen molar-refractivity contribution in [3.05, 3.63) is 0 Å². The highest BCUT2D eigenvalue weighted by atomic mass is 16.8. The average molecular weight is 751 g/mol. The minimum atomic E-state index is -1.90. The van der Waals surface area contributed by atoms with Crippen molar-refractivity contribution >= 4 is 0 Å². The minimum Gasteiger partial charge on any atom is -0.394 e. The topological polar surface area (TPSA) is 346 Å². The van der Waals surface area contributed by atoms with E-state index in [4.69, 9.17) is 42.6 Å². The zero-order chi connectivity index (χ0) is 37.6. The van der Waals surface area contributed by atoms with E-state index in [0.717, 1.165) is 0 Å². The minimum absolute atomic E-state index is 0.593. The van der Waals surface area contributed by atoms with Crippen LogP contribution in [0.25, 0.3) is 0 Å². The van der Waals surface area contributed by atoms with Crippen LogP contribution >= 0.6 is 0 Å². The van der Waals surface area contributed by atoms with Crippen molar-refractivity contribution < 1.29 is 109 Å². The van der Waals surface area contributed by atoms with Crippen LogP contribution < -0.4 is 0 Å². The Labute approximate surface area is 290 Å². The van der Waals surface area contributed by atoms with E-state index in [2.05, 4.69) is 0 Å². The lowest BCUT2D eigenvalue weighted by atomic mass is 9.97. The molecule has 0 amide bonds. The monoisotopic (exact) mass is 750 g/mol. The van der Waals surface area contributed by atoms with Gasteiger partial charge in [-0.15, -0.1) is 0 Å². The summed E-state index contributed by atoms with van der Waals surface area (Å²) in [7, 11) is 0. The second kappa shape index (κ2) is 16.9. The molecule has 0 bridgehead atoms. The fourth-order valence-electron chi connectivity index (χ4n) is 6.51. The average Bonchev–Trinajstić information content (AvgIpc) is 3.10. The van der Waals surface area contributed by atoms with E-state index in [1.54, 1.807) is 0 Å². The summed E-state index contributed by atoms with van der Waals surface area (Å²) in [4.78, 5) is 0. The highest BCUT2D eigenvalue weighted by Gasteiger charge is 2.55. The molecule has 5 aliphatic heterocycles. The van der Waals surface area contributed by atoms with Crippen LogP contribution in [0.15, 0.2) is 0 Å². The molecule has 5 rings (SSSR count).